The van der Waals surface area contributed by atoms with Crippen molar-refractivity contribution in [1.82, 2.24) is 0 Å². The van der Waals surface area contributed by atoms with E-state index in [1.165, 1.54) is 19.6 Å². The monoisotopic (exact) mass is 432 g/mol. The molecule has 2 aliphatic carbocycles. The molecule has 0 spiro atoms. The van der Waals surface area contributed by atoms with Crippen LogP contribution >= 0.6 is 46.7 Å². The number of hydrogen-bond donors (Lipinski definition) is 0. The lowest BCUT2D eigenvalue weighted by Crippen LogP contribution is -2.28. The summed E-state index contributed by atoms with van der Waals surface area (Å²) < 4.78 is 0. The summed E-state index contributed by atoms with van der Waals surface area (Å²) in [5, 5.41) is 1.58. The Balaban J connectivity index is 1.52. The van der Waals surface area contributed by atoms with Gasteiger partial charge in [0.25, 0.3) is 0 Å². The number of hydrogen-bond acceptors (Lipinski definition) is 2. The Labute approximate surface area is 180 Å². The third kappa shape index (κ3) is 3.87. The summed E-state index contributed by atoms with van der Waals surface area (Å²) in [5.41, 5.74) is 0.432. The molecular weight excluding hydrogens is 411 g/mol. The highest BCUT2D eigenvalue weighted by atomic mass is 35.5. The van der Waals surface area contributed by atoms with Crippen molar-refractivity contribution in [2.24, 2.45) is 10.8 Å². The van der Waals surface area contributed by atoms with Crippen LogP contribution in [0.4, 0.5) is 0 Å². The minimum atomic E-state index is 0.200. The van der Waals surface area contributed by atoms with Gasteiger partial charge in [0.1, 0.15) is 0 Å². The van der Waals surface area contributed by atoms with Crippen molar-refractivity contribution in [3.05, 3.63) is 80.5 Å². The van der Waals surface area contributed by atoms with Crippen LogP contribution in [0.1, 0.15) is 33.1 Å². The average Bonchev–Trinajstić information content (AvgIpc) is 3.04. The van der Waals surface area contributed by atoms with Gasteiger partial charge >= 0.3 is 0 Å². The fourth-order valence-corrected chi connectivity index (χ4v) is 7.00. The Morgan fingerprint density at radius 1 is 0.778 bits per heavy atom. The molecule has 2 aliphatic rings. The lowest BCUT2D eigenvalue weighted by Gasteiger charge is -2.36. The Bertz CT molecular complexity index is 899. The molecule has 2 aromatic carbocycles. The van der Waals surface area contributed by atoms with Crippen molar-refractivity contribution in [2.45, 2.75) is 42.9 Å². The summed E-state index contributed by atoms with van der Waals surface area (Å²) in [6.07, 6.45) is 8.48. The maximum atomic E-state index is 6.02. The Morgan fingerprint density at radius 2 is 1.26 bits per heavy atom. The van der Waals surface area contributed by atoms with Gasteiger partial charge in [-0.2, -0.15) is 0 Å². The van der Waals surface area contributed by atoms with Gasteiger partial charge in [-0.05, 0) is 77.6 Å². The van der Waals surface area contributed by atoms with Gasteiger partial charge in [0.2, 0.25) is 0 Å². The highest BCUT2D eigenvalue weighted by molar-refractivity contribution is 8.03. The maximum Gasteiger partial charge on any atom is 0.0406 e. The van der Waals surface area contributed by atoms with E-state index in [0.29, 0.717) is 0 Å². The van der Waals surface area contributed by atoms with Gasteiger partial charge in [0.15, 0.2) is 0 Å². The number of benzene rings is 2. The molecular formula is C23H22Cl2S2. The van der Waals surface area contributed by atoms with Gasteiger partial charge in [-0.25, -0.2) is 0 Å². The van der Waals surface area contributed by atoms with Crippen LogP contribution in [0.5, 0.6) is 0 Å². The molecule has 0 fully saturated rings. The zero-order chi connectivity index (χ0) is 19.1. The van der Waals surface area contributed by atoms with Crippen LogP contribution in [-0.2, 0) is 0 Å². The first-order valence-electron chi connectivity index (χ1n) is 9.22. The van der Waals surface area contributed by atoms with Gasteiger partial charge in [0.05, 0.1) is 0 Å². The first-order valence-corrected chi connectivity index (χ1v) is 11.6. The van der Waals surface area contributed by atoms with Crippen molar-refractivity contribution < 1.29 is 0 Å². The third-order valence-electron chi connectivity index (χ3n) is 5.84. The lowest BCUT2D eigenvalue weighted by molar-refractivity contribution is 0.196. The molecule has 0 saturated heterocycles. The van der Waals surface area contributed by atoms with Crippen LogP contribution in [0.3, 0.4) is 0 Å². The van der Waals surface area contributed by atoms with E-state index in [9.17, 15) is 0 Å². The first kappa shape index (κ1) is 19.5. The molecule has 0 amide bonds. The van der Waals surface area contributed by atoms with Crippen molar-refractivity contribution in [3.8, 4) is 0 Å². The summed E-state index contributed by atoms with van der Waals surface area (Å²) in [6.45, 7) is 4.76. The molecule has 0 saturated carbocycles. The molecule has 140 valence electrons. The van der Waals surface area contributed by atoms with Crippen molar-refractivity contribution in [1.29, 1.82) is 0 Å². The molecule has 0 N–H and O–H groups in total. The predicted octanol–water partition coefficient (Wildman–Crippen LogP) is 8.86. The zero-order valence-corrected chi connectivity index (χ0v) is 18.6. The minimum absolute atomic E-state index is 0.200. The van der Waals surface area contributed by atoms with E-state index in [4.69, 9.17) is 23.2 Å². The summed E-state index contributed by atoms with van der Waals surface area (Å²) in [5.74, 6) is 0. The Kier molecular flexibility index (Phi) is 5.46. The first-order chi connectivity index (χ1) is 12.9. The van der Waals surface area contributed by atoms with Crippen molar-refractivity contribution >= 4 is 46.7 Å². The number of fused-ring (bicyclic) bond motifs is 1. The van der Waals surface area contributed by atoms with E-state index in [-0.39, 0.29) is 10.8 Å². The molecule has 2 aromatic rings. The van der Waals surface area contributed by atoms with Crippen LogP contribution in [0.2, 0.25) is 10.0 Å². The van der Waals surface area contributed by atoms with Gasteiger partial charge in [-0.1, -0.05) is 72.7 Å². The molecule has 0 aliphatic heterocycles. The molecule has 27 heavy (non-hydrogen) atoms. The van der Waals surface area contributed by atoms with E-state index in [1.54, 1.807) is 0 Å². The number of thioether (sulfide) groups is 2. The highest BCUT2D eigenvalue weighted by Crippen LogP contribution is 2.65. The lowest BCUT2D eigenvalue weighted by atomic mass is 9.67. The van der Waals surface area contributed by atoms with E-state index < -0.39 is 0 Å². The fraction of sp³-hybridized carbons (Fsp3) is 0.304. The third-order valence-corrected chi connectivity index (χ3v) is 8.41. The second-order valence-electron chi connectivity index (χ2n) is 7.61. The standard InChI is InChI=1S/C23H22Cl2S2/c1-3-23-14-20(26-18-8-4-16(24)5-9-18)12-22(23,2)13-21(15-23)27-19-10-6-17(25)7-11-19/h4-12,15H,3,13-14H2,1-2H3. The molecule has 2 atom stereocenters. The number of allylic oxidation sites excluding steroid dienone is 4. The quantitative estimate of drug-likeness (QED) is 0.462. The SMILES string of the molecule is CCC12C=C(Sc3ccc(Cl)cc3)CC1(C)C=C(Sc1ccc(Cl)cc1)C2. The molecule has 4 heteroatoms. The normalized spacial score (nSPS) is 26.7. The molecule has 0 radical (unpaired) electrons. The molecule has 4 rings (SSSR count). The number of halogens is 2. The smallest absolute Gasteiger partial charge is 0.0406 e. The number of rotatable bonds is 5. The van der Waals surface area contributed by atoms with Crippen LogP contribution in [0.15, 0.2) is 80.3 Å². The zero-order valence-electron chi connectivity index (χ0n) is 15.5. The molecule has 0 bridgehead atoms. The summed E-state index contributed by atoms with van der Waals surface area (Å²) in [4.78, 5) is 5.49. The topological polar surface area (TPSA) is 0 Å². The van der Waals surface area contributed by atoms with E-state index in [0.717, 1.165) is 29.3 Å². The van der Waals surface area contributed by atoms with Gasteiger partial charge in [-0.3, -0.25) is 0 Å². The second kappa shape index (κ2) is 7.55. The van der Waals surface area contributed by atoms with E-state index in [1.807, 2.05) is 47.8 Å². The molecule has 0 aromatic heterocycles. The highest BCUT2D eigenvalue weighted by Gasteiger charge is 2.52. The predicted molar refractivity (Wildman–Crippen MR) is 121 cm³/mol. The van der Waals surface area contributed by atoms with Crippen molar-refractivity contribution in [3.63, 3.8) is 0 Å². The second-order valence-corrected chi connectivity index (χ2v) is 10.9. The maximum absolute atomic E-state index is 6.02. The molecule has 0 nitrogen and oxygen atoms in total. The van der Waals surface area contributed by atoms with Crippen LogP contribution < -0.4 is 0 Å². The Morgan fingerprint density at radius 3 is 1.70 bits per heavy atom. The van der Waals surface area contributed by atoms with E-state index >= 15 is 0 Å². The fourth-order valence-electron chi connectivity index (χ4n) is 4.30. The average molecular weight is 433 g/mol. The van der Waals surface area contributed by atoms with E-state index in [2.05, 4.69) is 50.3 Å². The summed E-state index contributed by atoms with van der Waals surface area (Å²) in [6, 6.07) is 16.3. The summed E-state index contributed by atoms with van der Waals surface area (Å²) >= 11 is 15.8. The minimum Gasteiger partial charge on any atom is -0.0948 e. The van der Waals surface area contributed by atoms with Crippen LogP contribution in [-0.4, -0.2) is 0 Å². The van der Waals surface area contributed by atoms with Gasteiger partial charge < -0.3 is 0 Å². The van der Waals surface area contributed by atoms with Crippen molar-refractivity contribution in [2.75, 3.05) is 0 Å². The van der Waals surface area contributed by atoms with Gasteiger partial charge in [0, 0.05) is 30.7 Å². The van der Waals surface area contributed by atoms with Crippen LogP contribution in [0.25, 0.3) is 0 Å². The van der Waals surface area contributed by atoms with Gasteiger partial charge in [-0.15, -0.1) is 0 Å². The Hall–Kier alpha value is -0.800. The summed E-state index contributed by atoms with van der Waals surface area (Å²) in [7, 11) is 0. The molecule has 2 unspecified atom stereocenters. The molecule has 0 heterocycles. The largest absolute Gasteiger partial charge is 0.0948 e. The van der Waals surface area contributed by atoms with Crippen LogP contribution in [0, 0.1) is 10.8 Å².